The molecule has 7 heteroatoms. The zero-order valence-electron chi connectivity index (χ0n) is 13.7. The number of benzene rings is 1. The predicted molar refractivity (Wildman–Crippen MR) is 87.5 cm³/mol. The maximum atomic E-state index is 11.7. The molecular weight excluding hydrogens is 298 g/mol. The monoisotopic (exact) mass is 323 g/mol. The number of urea groups is 1. The highest BCUT2D eigenvalue weighted by molar-refractivity contribution is 5.95. The number of imide groups is 1. The Labute approximate surface area is 136 Å². The lowest BCUT2D eigenvalue weighted by molar-refractivity contribution is -0.120. The largest absolute Gasteiger partial charge is 0.494 e. The van der Waals surface area contributed by atoms with E-state index in [2.05, 4.69) is 10.6 Å². The molecule has 1 rings (SSSR count). The van der Waals surface area contributed by atoms with E-state index in [0.717, 1.165) is 12.2 Å². The van der Waals surface area contributed by atoms with Crippen LogP contribution >= 0.6 is 0 Å². The van der Waals surface area contributed by atoms with Crippen molar-refractivity contribution in [3.63, 3.8) is 0 Å². The van der Waals surface area contributed by atoms with Gasteiger partial charge in [-0.3, -0.25) is 15.0 Å². The summed E-state index contributed by atoms with van der Waals surface area (Å²) in [6, 6.07) is 9.07. The highest BCUT2D eigenvalue weighted by atomic mass is 16.5. The number of carbonyl (C=O) groups excluding carboxylic acids is 2. The molecule has 0 bridgehead atoms. The van der Waals surface area contributed by atoms with Crippen molar-refractivity contribution in [2.75, 3.05) is 47.0 Å². The summed E-state index contributed by atoms with van der Waals surface area (Å²) >= 11 is 0. The summed E-state index contributed by atoms with van der Waals surface area (Å²) in [5, 5.41) is 4.79. The van der Waals surface area contributed by atoms with Gasteiger partial charge in [-0.15, -0.1) is 0 Å². The molecule has 128 valence electrons. The molecule has 0 aromatic heterocycles. The third-order valence-corrected chi connectivity index (χ3v) is 2.95. The molecule has 1 aromatic rings. The Balaban J connectivity index is 2.09. The van der Waals surface area contributed by atoms with Crippen molar-refractivity contribution in [1.82, 2.24) is 15.5 Å². The predicted octanol–water partition coefficient (Wildman–Crippen LogP) is 0.859. The summed E-state index contributed by atoms with van der Waals surface area (Å²) in [7, 11) is 3.37. The summed E-state index contributed by atoms with van der Waals surface area (Å²) in [6.07, 6.45) is 0.790. The SMILES string of the molecule is COCCNC(=O)NC(=O)CN(C)CCCOc1ccccc1. The Morgan fingerprint density at radius 2 is 1.91 bits per heavy atom. The topological polar surface area (TPSA) is 79.9 Å². The van der Waals surface area contributed by atoms with Gasteiger partial charge in [0.05, 0.1) is 19.8 Å². The Kier molecular flexibility index (Phi) is 9.42. The molecule has 0 aliphatic rings. The standard InChI is InChI=1S/C16H25N3O4/c1-19(10-6-11-23-14-7-4-3-5-8-14)13-15(20)18-16(21)17-9-12-22-2/h3-5,7-8H,6,9-13H2,1-2H3,(H2,17,18,20,21). The van der Waals surface area contributed by atoms with Crippen molar-refractivity contribution in [3.8, 4) is 5.75 Å². The number of carbonyl (C=O) groups is 2. The smallest absolute Gasteiger partial charge is 0.321 e. The van der Waals surface area contributed by atoms with Crippen molar-refractivity contribution in [2.45, 2.75) is 6.42 Å². The van der Waals surface area contributed by atoms with E-state index in [9.17, 15) is 9.59 Å². The second-order valence-electron chi connectivity index (χ2n) is 5.05. The highest BCUT2D eigenvalue weighted by Crippen LogP contribution is 2.08. The molecule has 7 nitrogen and oxygen atoms in total. The van der Waals surface area contributed by atoms with Gasteiger partial charge in [-0.25, -0.2) is 4.79 Å². The van der Waals surface area contributed by atoms with E-state index < -0.39 is 6.03 Å². The van der Waals surface area contributed by atoms with Gasteiger partial charge in [0.15, 0.2) is 0 Å². The fourth-order valence-electron chi connectivity index (χ4n) is 1.84. The maximum absolute atomic E-state index is 11.7. The Morgan fingerprint density at radius 1 is 1.17 bits per heavy atom. The fraction of sp³-hybridized carbons (Fsp3) is 0.500. The van der Waals surface area contributed by atoms with E-state index >= 15 is 0 Å². The first-order chi connectivity index (χ1) is 11.1. The van der Waals surface area contributed by atoms with Crippen molar-refractivity contribution in [3.05, 3.63) is 30.3 Å². The molecule has 0 spiro atoms. The lowest BCUT2D eigenvalue weighted by Gasteiger charge is -2.16. The summed E-state index contributed by atoms with van der Waals surface area (Å²) in [6.45, 7) is 2.20. The number of para-hydroxylation sites is 1. The average molecular weight is 323 g/mol. The molecule has 1 aromatic carbocycles. The molecule has 23 heavy (non-hydrogen) atoms. The number of nitrogens with one attached hydrogen (secondary N) is 2. The minimum atomic E-state index is -0.507. The summed E-state index contributed by atoms with van der Waals surface area (Å²) in [5.74, 6) is 0.493. The molecule has 0 atom stereocenters. The lowest BCUT2D eigenvalue weighted by Crippen LogP contribution is -2.44. The van der Waals surface area contributed by atoms with Gasteiger partial charge >= 0.3 is 6.03 Å². The first-order valence-electron chi connectivity index (χ1n) is 7.55. The first kappa shape index (κ1) is 18.9. The minimum Gasteiger partial charge on any atom is -0.494 e. The Hall–Kier alpha value is -2.12. The normalized spacial score (nSPS) is 10.4. The molecule has 0 saturated heterocycles. The van der Waals surface area contributed by atoms with E-state index in [-0.39, 0.29) is 12.5 Å². The van der Waals surface area contributed by atoms with Crippen LogP contribution in [0, 0.1) is 0 Å². The number of amides is 3. The van der Waals surface area contributed by atoms with Crippen LogP contribution in [0.25, 0.3) is 0 Å². The minimum absolute atomic E-state index is 0.156. The van der Waals surface area contributed by atoms with Crippen molar-refractivity contribution >= 4 is 11.9 Å². The summed E-state index contributed by atoms with van der Waals surface area (Å²) < 4.78 is 10.4. The van der Waals surface area contributed by atoms with Gasteiger partial charge in [0.1, 0.15) is 5.75 Å². The summed E-state index contributed by atoms with van der Waals surface area (Å²) in [5.41, 5.74) is 0. The zero-order valence-corrected chi connectivity index (χ0v) is 13.7. The van der Waals surface area contributed by atoms with Crippen LogP contribution in [0.1, 0.15) is 6.42 Å². The van der Waals surface area contributed by atoms with Crippen LogP contribution in [0.4, 0.5) is 4.79 Å². The zero-order chi connectivity index (χ0) is 16.9. The number of hydrogen-bond acceptors (Lipinski definition) is 5. The van der Waals surface area contributed by atoms with Gasteiger partial charge in [-0.1, -0.05) is 18.2 Å². The van der Waals surface area contributed by atoms with Crippen molar-refractivity contribution in [2.24, 2.45) is 0 Å². The van der Waals surface area contributed by atoms with Crippen LogP contribution in [0.2, 0.25) is 0 Å². The van der Waals surface area contributed by atoms with E-state index in [0.29, 0.717) is 26.3 Å². The molecule has 0 unspecified atom stereocenters. The Morgan fingerprint density at radius 3 is 2.61 bits per heavy atom. The number of nitrogens with zero attached hydrogens (tertiary/aromatic N) is 1. The fourth-order valence-corrected chi connectivity index (χ4v) is 1.84. The molecule has 3 amide bonds. The maximum Gasteiger partial charge on any atom is 0.321 e. The van der Waals surface area contributed by atoms with Gasteiger partial charge in [-0.2, -0.15) is 0 Å². The number of ether oxygens (including phenoxy) is 2. The molecule has 0 aliphatic heterocycles. The van der Waals surface area contributed by atoms with E-state index in [1.807, 2.05) is 42.3 Å². The second kappa shape index (κ2) is 11.4. The quantitative estimate of drug-likeness (QED) is 0.624. The molecule has 0 saturated carbocycles. The molecule has 0 radical (unpaired) electrons. The van der Waals surface area contributed by atoms with Crippen LogP contribution in [0.5, 0.6) is 5.75 Å². The highest BCUT2D eigenvalue weighted by Gasteiger charge is 2.09. The van der Waals surface area contributed by atoms with Crippen molar-refractivity contribution in [1.29, 1.82) is 0 Å². The van der Waals surface area contributed by atoms with E-state index in [1.165, 1.54) is 0 Å². The molecule has 0 aliphatic carbocycles. The van der Waals surface area contributed by atoms with Crippen LogP contribution in [-0.4, -0.2) is 63.8 Å². The number of methoxy groups -OCH3 is 1. The third-order valence-electron chi connectivity index (χ3n) is 2.95. The van der Waals surface area contributed by atoms with Gasteiger partial charge in [0, 0.05) is 20.2 Å². The molecular formula is C16H25N3O4. The second-order valence-corrected chi connectivity index (χ2v) is 5.05. The van der Waals surface area contributed by atoms with Gasteiger partial charge in [-0.05, 0) is 25.6 Å². The number of rotatable bonds is 10. The van der Waals surface area contributed by atoms with Gasteiger partial charge < -0.3 is 14.8 Å². The molecule has 0 fully saturated rings. The third kappa shape index (κ3) is 9.49. The molecule has 2 N–H and O–H groups in total. The van der Waals surface area contributed by atoms with Gasteiger partial charge in [0.2, 0.25) is 5.91 Å². The molecule has 0 heterocycles. The average Bonchev–Trinajstić information content (AvgIpc) is 2.52. The van der Waals surface area contributed by atoms with Crippen LogP contribution < -0.4 is 15.4 Å². The Bertz CT molecular complexity index is 468. The van der Waals surface area contributed by atoms with Crippen LogP contribution in [0.15, 0.2) is 30.3 Å². The van der Waals surface area contributed by atoms with Crippen molar-refractivity contribution < 1.29 is 19.1 Å². The van der Waals surface area contributed by atoms with E-state index in [1.54, 1.807) is 7.11 Å². The first-order valence-corrected chi connectivity index (χ1v) is 7.55. The van der Waals surface area contributed by atoms with Crippen LogP contribution in [-0.2, 0) is 9.53 Å². The number of hydrogen-bond donors (Lipinski definition) is 2. The van der Waals surface area contributed by atoms with E-state index in [4.69, 9.17) is 9.47 Å². The van der Waals surface area contributed by atoms with Crippen LogP contribution in [0.3, 0.4) is 0 Å². The number of likely N-dealkylation sites (N-methyl/N-ethyl adjacent to an activating group) is 1. The summed E-state index contributed by atoms with van der Waals surface area (Å²) in [4.78, 5) is 24.9. The van der Waals surface area contributed by atoms with Gasteiger partial charge in [0.25, 0.3) is 0 Å². The lowest BCUT2D eigenvalue weighted by atomic mass is 10.3.